The number of hydrogen-bond donors (Lipinski definition) is 3. The Labute approximate surface area is 154 Å². The Bertz CT molecular complexity index is 943. The maximum atomic E-state index is 13.7. The largest absolute Gasteiger partial charge is 0.360 e. The molecule has 4 N–H and O–H groups in total. The zero-order valence-electron chi connectivity index (χ0n) is 13.4. The van der Waals surface area contributed by atoms with Gasteiger partial charge in [0.25, 0.3) is 0 Å². The van der Waals surface area contributed by atoms with Crippen LogP contribution >= 0.6 is 15.9 Å². The Hall–Kier alpha value is -2.03. The molecule has 0 amide bonds. The van der Waals surface area contributed by atoms with Crippen molar-refractivity contribution in [1.29, 1.82) is 5.41 Å². The first-order chi connectivity index (χ1) is 11.7. The summed E-state index contributed by atoms with van der Waals surface area (Å²) in [6, 6.07) is 9.09. The van der Waals surface area contributed by atoms with E-state index in [1.807, 2.05) is 0 Å². The average Bonchev–Trinajstić information content (AvgIpc) is 2.55. The quantitative estimate of drug-likeness (QED) is 0.616. The number of benzene rings is 2. The molecule has 0 fully saturated rings. The SMILES string of the molecule is CS(=O)(=O)c1cc(Br)ccc1N/C=C(\C=N)c1cc(F)cc(CN)c1. The summed E-state index contributed by atoms with van der Waals surface area (Å²) in [4.78, 5) is 0.115. The van der Waals surface area contributed by atoms with Crippen molar-refractivity contribution >= 4 is 43.2 Å². The first-order valence-corrected chi connectivity index (χ1v) is 9.89. The predicted octanol–water partition coefficient (Wildman–Crippen LogP) is 3.55. The van der Waals surface area contributed by atoms with Gasteiger partial charge in [0.15, 0.2) is 9.84 Å². The normalized spacial score (nSPS) is 12.1. The number of rotatable bonds is 6. The molecule has 5 nitrogen and oxygen atoms in total. The Morgan fingerprint density at radius 1 is 1.32 bits per heavy atom. The Balaban J connectivity index is 2.44. The molecule has 0 saturated carbocycles. The first kappa shape index (κ1) is 19.3. The summed E-state index contributed by atoms with van der Waals surface area (Å²) in [7, 11) is -3.45. The summed E-state index contributed by atoms with van der Waals surface area (Å²) < 4.78 is 38.2. The fourth-order valence-electron chi connectivity index (χ4n) is 2.22. The van der Waals surface area contributed by atoms with E-state index in [1.54, 1.807) is 18.2 Å². The predicted molar refractivity (Wildman–Crippen MR) is 102 cm³/mol. The van der Waals surface area contributed by atoms with Gasteiger partial charge in [-0.15, -0.1) is 0 Å². The van der Waals surface area contributed by atoms with Crippen LogP contribution in [0.4, 0.5) is 10.1 Å². The van der Waals surface area contributed by atoms with Crippen LogP contribution in [0.3, 0.4) is 0 Å². The van der Waals surface area contributed by atoms with Gasteiger partial charge in [0.1, 0.15) is 5.82 Å². The minimum atomic E-state index is -3.45. The molecule has 2 rings (SSSR count). The molecule has 2 aromatic rings. The van der Waals surface area contributed by atoms with E-state index in [2.05, 4.69) is 21.2 Å². The van der Waals surface area contributed by atoms with Gasteiger partial charge in [-0.3, -0.25) is 0 Å². The van der Waals surface area contributed by atoms with Crippen LogP contribution < -0.4 is 11.1 Å². The number of nitrogens with one attached hydrogen (secondary N) is 2. The van der Waals surface area contributed by atoms with E-state index in [4.69, 9.17) is 11.1 Å². The van der Waals surface area contributed by atoms with Crippen LogP contribution in [0.2, 0.25) is 0 Å². The topological polar surface area (TPSA) is 96.0 Å². The van der Waals surface area contributed by atoms with Gasteiger partial charge >= 0.3 is 0 Å². The van der Waals surface area contributed by atoms with Crippen LogP contribution in [-0.4, -0.2) is 20.9 Å². The van der Waals surface area contributed by atoms with E-state index >= 15 is 0 Å². The summed E-state index contributed by atoms with van der Waals surface area (Å²) in [5, 5.41) is 10.4. The van der Waals surface area contributed by atoms with Gasteiger partial charge in [0.2, 0.25) is 0 Å². The van der Waals surface area contributed by atoms with Crippen LogP contribution in [0.5, 0.6) is 0 Å². The van der Waals surface area contributed by atoms with E-state index < -0.39 is 15.7 Å². The zero-order chi connectivity index (χ0) is 18.6. The summed E-state index contributed by atoms with van der Waals surface area (Å²) in [6.07, 6.45) is 3.63. The Morgan fingerprint density at radius 3 is 2.64 bits per heavy atom. The van der Waals surface area contributed by atoms with Crippen molar-refractivity contribution in [2.75, 3.05) is 11.6 Å². The van der Waals surface area contributed by atoms with Crippen molar-refractivity contribution in [1.82, 2.24) is 0 Å². The third-order valence-corrected chi connectivity index (χ3v) is 5.04. The molecule has 8 heteroatoms. The summed E-state index contributed by atoms with van der Waals surface area (Å²) >= 11 is 3.25. The molecule has 0 aliphatic rings. The van der Waals surface area contributed by atoms with Crippen LogP contribution in [0, 0.1) is 11.2 Å². The molecule has 0 aliphatic carbocycles. The summed E-state index contributed by atoms with van der Waals surface area (Å²) in [5.41, 5.74) is 7.37. The van der Waals surface area contributed by atoms with Crippen molar-refractivity contribution in [2.45, 2.75) is 11.4 Å². The molecular formula is C17H17BrFN3O2S. The zero-order valence-corrected chi connectivity index (χ0v) is 15.8. The molecule has 0 saturated heterocycles. The van der Waals surface area contributed by atoms with Crippen LogP contribution in [-0.2, 0) is 16.4 Å². The molecule has 0 aliphatic heterocycles. The molecule has 25 heavy (non-hydrogen) atoms. The van der Waals surface area contributed by atoms with Gasteiger partial charge < -0.3 is 16.5 Å². The maximum Gasteiger partial charge on any atom is 0.177 e. The third-order valence-electron chi connectivity index (χ3n) is 3.41. The highest BCUT2D eigenvalue weighted by molar-refractivity contribution is 9.10. The molecule has 0 unspecified atom stereocenters. The lowest BCUT2D eigenvalue weighted by molar-refractivity contribution is 0.602. The molecule has 0 bridgehead atoms. The third kappa shape index (κ3) is 4.97. The average molecular weight is 426 g/mol. The van der Waals surface area contributed by atoms with Crippen LogP contribution in [0.15, 0.2) is 52.0 Å². The highest BCUT2D eigenvalue weighted by atomic mass is 79.9. The second-order valence-electron chi connectivity index (χ2n) is 5.35. The van der Waals surface area contributed by atoms with Gasteiger partial charge in [0, 0.05) is 35.3 Å². The van der Waals surface area contributed by atoms with Gasteiger partial charge in [-0.05, 0) is 47.5 Å². The van der Waals surface area contributed by atoms with Crippen molar-refractivity contribution in [3.05, 3.63) is 64.0 Å². The van der Waals surface area contributed by atoms with Crippen molar-refractivity contribution in [3.63, 3.8) is 0 Å². The molecule has 0 aromatic heterocycles. The van der Waals surface area contributed by atoms with Crippen molar-refractivity contribution < 1.29 is 12.8 Å². The molecule has 0 spiro atoms. The highest BCUT2D eigenvalue weighted by Gasteiger charge is 2.13. The van der Waals surface area contributed by atoms with Crippen molar-refractivity contribution in [3.8, 4) is 0 Å². The van der Waals surface area contributed by atoms with E-state index in [-0.39, 0.29) is 11.4 Å². The summed E-state index contributed by atoms with van der Waals surface area (Å²) in [6.45, 7) is 0.175. The Morgan fingerprint density at radius 2 is 2.04 bits per heavy atom. The van der Waals surface area contributed by atoms with E-state index in [1.165, 1.54) is 24.4 Å². The van der Waals surface area contributed by atoms with Crippen molar-refractivity contribution in [2.24, 2.45) is 5.73 Å². The minimum absolute atomic E-state index is 0.115. The smallest absolute Gasteiger partial charge is 0.177 e. The van der Waals surface area contributed by atoms with E-state index in [0.717, 1.165) is 12.5 Å². The molecule has 2 aromatic carbocycles. The van der Waals surface area contributed by atoms with E-state index in [9.17, 15) is 12.8 Å². The minimum Gasteiger partial charge on any atom is -0.360 e. The van der Waals surface area contributed by atoms with Crippen LogP contribution in [0.1, 0.15) is 11.1 Å². The van der Waals surface area contributed by atoms with E-state index in [0.29, 0.717) is 26.9 Å². The number of anilines is 1. The lowest BCUT2D eigenvalue weighted by atomic mass is 10.0. The lowest BCUT2D eigenvalue weighted by Crippen LogP contribution is -2.03. The number of sulfone groups is 1. The lowest BCUT2D eigenvalue weighted by Gasteiger charge is -2.10. The fraction of sp³-hybridized carbons (Fsp3) is 0.118. The number of allylic oxidation sites excluding steroid dienone is 1. The number of halogens is 2. The van der Waals surface area contributed by atoms with Gasteiger partial charge in [-0.25, -0.2) is 12.8 Å². The Kier molecular flexibility index (Phi) is 6.10. The summed E-state index contributed by atoms with van der Waals surface area (Å²) in [5.74, 6) is -0.453. The monoisotopic (exact) mass is 425 g/mol. The highest BCUT2D eigenvalue weighted by Crippen LogP contribution is 2.26. The van der Waals surface area contributed by atoms with Gasteiger partial charge in [0.05, 0.1) is 10.6 Å². The number of hydrogen-bond acceptors (Lipinski definition) is 5. The van der Waals surface area contributed by atoms with Crippen LogP contribution in [0.25, 0.3) is 5.57 Å². The number of nitrogens with two attached hydrogens (primary N) is 1. The molecule has 0 heterocycles. The molecule has 0 radical (unpaired) electrons. The second-order valence-corrected chi connectivity index (χ2v) is 8.25. The van der Waals surface area contributed by atoms with Gasteiger partial charge in [-0.2, -0.15) is 0 Å². The molecule has 0 atom stereocenters. The first-order valence-electron chi connectivity index (χ1n) is 7.21. The second kappa shape index (κ2) is 7.90. The maximum absolute atomic E-state index is 13.7. The standard InChI is InChI=1S/C17H17BrFN3O2S/c1-25(23,24)17-7-14(18)2-3-16(17)22-10-13(9-21)12-4-11(8-20)5-15(19)6-12/h2-7,9-10,21-22H,8,20H2,1H3/b13-10+,21-9?. The molecular weight excluding hydrogens is 409 g/mol. The molecule has 132 valence electrons. The van der Waals surface area contributed by atoms with Gasteiger partial charge in [-0.1, -0.05) is 15.9 Å². The fourth-order valence-corrected chi connectivity index (χ4v) is 3.60.